The summed E-state index contributed by atoms with van der Waals surface area (Å²) in [6.07, 6.45) is 2.32. The molecule has 0 bridgehead atoms. The number of nitrogens with one attached hydrogen (secondary N) is 2. The predicted molar refractivity (Wildman–Crippen MR) is 117 cm³/mol. The van der Waals surface area contributed by atoms with Gasteiger partial charge in [0.2, 0.25) is 0 Å². The van der Waals surface area contributed by atoms with Crippen LogP contribution in [-0.2, 0) is 0 Å². The molecule has 0 spiro atoms. The lowest BCUT2D eigenvalue weighted by Gasteiger charge is -2.20. The zero-order chi connectivity index (χ0) is 21.3. The highest BCUT2D eigenvalue weighted by molar-refractivity contribution is 6.07. The maximum absolute atomic E-state index is 14.5. The van der Waals surface area contributed by atoms with E-state index >= 15 is 0 Å². The maximum atomic E-state index is 14.5. The van der Waals surface area contributed by atoms with E-state index < -0.39 is 11.4 Å². The van der Waals surface area contributed by atoms with E-state index in [1.807, 2.05) is 25.1 Å². The third kappa shape index (κ3) is 3.70. The van der Waals surface area contributed by atoms with Crippen LogP contribution in [0.3, 0.4) is 0 Å². The van der Waals surface area contributed by atoms with Crippen LogP contribution in [0.5, 0.6) is 0 Å². The lowest BCUT2D eigenvalue weighted by atomic mass is 9.94. The Morgan fingerprint density at radius 2 is 1.90 bits per heavy atom. The van der Waals surface area contributed by atoms with Crippen molar-refractivity contribution in [3.8, 4) is 0 Å². The number of carbonyl (C=O) groups is 1. The van der Waals surface area contributed by atoms with Crippen LogP contribution in [0.4, 0.5) is 4.39 Å². The van der Waals surface area contributed by atoms with Gasteiger partial charge < -0.3 is 10.7 Å². The molecule has 1 aromatic heterocycles. The minimum absolute atomic E-state index is 0.0731. The molecule has 1 aliphatic rings. The van der Waals surface area contributed by atoms with Gasteiger partial charge in [-0.2, -0.15) is 0 Å². The summed E-state index contributed by atoms with van der Waals surface area (Å²) in [5.74, 6) is -0.105. The fraction of sp³-hybridized carbons (Fsp3) is 0.333. The molecule has 2 N–H and O–H groups in total. The summed E-state index contributed by atoms with van der Waals surface area (Å²) in [6, 6.07) is 14.6. The first-order valence-corrected chi connectivity index (χ1v) is 10.4. The van der Waals surface area contributed by atoms with E-state index in [0.717, 1.165) is 12.8 Å². The van der Waals surface area contributed by atoms with Crippen molar-refractivity contribution in [2.45, 2.75) is 32.6 Å². The number of nitrogens with zero attached hydrogens (tertiary/aromatic N) is 1. The van der Waals surface area contributed by atoms with Gasteiger partial charge in [-0.1, -0.05) is 42.5 Å². The van der Waals surface area contributed by atoms with E-state index in [4.69, 9.17) is 0 Å². The molecule has 1 fully saturated rings. The molecule has 4 rings (SSSR count). The normalized spacial score (nSPS) is 14.5. The van der Waals surface area contributed by atoms with Crippen LogP contribution >= 0.6 is 0 Å². The van der Waals surface area contributed by atoms with Crippen molar-refractivity contribution in [3.05, 3.63) is 81.5 Å². The molecule has 5 nitrogen and oxygen atoms in total. The number of rotatable bonds is 7. The number of benzene rings is 2. The first-order chi connectivity index (χ1) is 14.5. The van der Waals surface area contributed by atoms with E-state index in [9.17, 15) is 14.0 Å². The van der Waals surface area contributed by atoms with Crippen molar-refractivity contribution in [2.75, 3.05) is 18.5 Å². The molecular weight excluding hydrogens is 381 g/mol. The largest absolute Gasteiger partial charge is 0.351 e. The van der Waals surface area contributed by atoms with Crippen LogP contribution in [0.25, 0.3) is 10.8 Å². The van der Waals surface area contributed by atoms with Crippen molar-refractivity contribution in [2.24, 2.45) is 5.92 Å². The van der Waals surface area contributed by atoms with Crippen LogP contribution in [0, 0.1) is 18.7 Å². The molecule has 0 aliphatic heterocycles. The van der Waals surface area contributed by atoms with E-state index in [-0.39, 0.29) is 17.2 Å². The van der Waals surface area contributed by atoms with E-state index in [2.05, 4.69) is 22.9 Å². The summed E-state index contributed by atoms with van der Waals surface area (Å²) in [4.78, 5) is 26.1. The highest BCUT2D eigenvalue weighted by Gasteiger charge is 2.32. The van der Waals surface area contributed by atoms with Crippen LogP contribution < -0.4 is 16.3 Å². The first kappa shape index (κ1) is 20.1. The number of fused-ring (bicyclic) bond motifs is 1. The van der Waals surface area contributed by atoms with Crippen molar-refractivity contribution in [3.63, 3.8) is 0 Å². The second kappa shape index (κ2) is 8.30. The fourth-order valence-corrected chi connectivity index (χ4v) is 4.20. The highest BCUT2D eigenvalue weighted by atomic mass is 19.1. The summed E-state index contributed by atoms with van der Waals surface area (Å²) in [5, 5.41) is 3.32. The van der Waals surface area contributed by atoms with Crippen molar-refractivity contribution < 1.29 is 9.18 Å². The number of aromatic nitrogens is 1. The SMILES string of the molecule is CCNn1c(C)c(C(=O)NC[C@H](c2ccccc2)C2CC2)c2cccc(F)c2c1=O. The summed E-state index contributed by atoms with van der Waals surface area (Å²) < 4.78 is 15.8. The summed E-state index contributed by atoms with van der Waals surface area (Å²) in [6.45, 7) is 4.53. The van der Waals surface area contributed by atoms with Gasteiger partial charge in [0, 0.05) is 24.4 Å². The van der Waals surface area contributed by atoms with Crippen LogP contribution in [0.2, 0.25) is 0 Å². The molecule has 0 unspecified atom stereocenters. The van der Waals surface area contributed by atoms with E-state index in [0.29, 0.717) is 35.7 Å². The zero-order valence-electron chi connectivity index (χ0n) is 17.2. The van der Waals surface area contributed by atoms with Crippen molar-refractivity contribution in [1.29, 1.82) is 0 Å². The molecule has 2 aromatic carbocycles. The molecule has 1 amide bonds. The molecule has 6 heteroatoms. The van der Waals surface area contributed by atoms with Gasteiger partial charge in [0.15, 0.2) is 0 Å². The third-order valence-electron chi connectivity index (χ3n) is 5.84. The maximum Gasteiger partial charge on any atom is 0.279 e. The topological polar surface area (TPSA) is 63.1 Å². The van der Waals surface area contributed by atoms with Gasteiger partial charge in [0.25, 0.3) is 11.5 Å². The Kier molecular flexibility index (Phi) is 5.57. The molecule has 0 radical (unpaired) electrons. The molecule has 30 heavy (non-hydrogen) atoms. The second-order valence-corrected chi connectivity index (χ2v) is 7.84. The average Bonchev–Trinajstić information content (AvgIpc) is 3.57. The van der Waals surface area contributed by atoms with Gasteiger partial charge in [0.1, 0.15) is 5.82 Å². The van der Waals surface area contributed by atoms with Crippen molar-refractivity contribution in [1.82, 2.24) is 9.99 Å². The van der Waals surface area contributed by atoms with Crippen LogP contribution in [-0.4, -0.2) is 23.7 Å². The standard InChI is InChI=1S/C24H26FN3O2/c1-3-27-28-15(2)21(18-10-7-11-20(25)22(18)24(28)30)23(29)26-14-19(17-12-13-17)16-8-5-4-6-9-16/h4-11,17,19,27H,3,12-14H2,1-2H3,(H,26,29)/t19-/m1/s1. The number of halogens is 1. The van der Waals surface area contributed by atoms with Gasteiger partial charge in [0.05, 0.1) is 16.6 Å². The Morgan fingerprint density at radius 3 is 2.57 bits per heavy atom. The lowest BCUT2D eigenvalue weighted by Crippen LogP contribution is -2.36. The zero-order valence-corrected chi connectivity index (χ0v) is 17.2. The summed E-state index contributed by atoms with van der Waals surface area (Å²) in [5.41, 5.74) is 4.46. The smallest absolute Gasteiger partial charge is 0.279 e. The second-order valence-electron chi connectivity index (χ2n) is 7.84. The summed E-state index contributed by atoms with van der Waals surface area (Å²) in [7, 11) is 0. The Balaban J connectivity index is 1.71. The Morgan fingerprint density at radius 1 is 1.17 bits per heavy atom. The van der Waals surface area contributed by atoms with Gasteiger partial charge in [-0.05, 0) is 44.2 Å². The molecule has 0 saturated heterocycles. The monoisotopic (exact) mass is 407 g/mol. The van der Waals surface area contributed by atoms with E-state index in [1.165, 1.54) is 22.4 Å². The van der Waals surface area contributed by atoms with Crippen LogP contribution in [0.15, 0.2) is 53.3 Å². The molecular formula is C24H26FN3O2. The summed E-state index contributed by atoms with van der Waals surface area (Å²) >= 11 is 0. The number of amides is 1. The Labute approximate surface area is 174 Å². The van der Waals surface area contributed by atoms with Crippen molar-refractivity contribution >= 4 is 16.7 Å². The minimum Gasteiger partial charge on any atom is -0.351 e. The first-order valence-electron chi connectivity index (χ1n) is 10.4. The quantitative estimate of drug-likeness (QED) is 0.624. The van der Waals surface area contributed by atoms with Gasteiger partial charge >= 0.3 is 0 Å². The predicted octanol–water partition coefficient (Wildman–Crippen LogP) is 3.94. The number of hydrogen-bond acceptors (Lipinski definition) is 3. The Hall–Kier alpha value is -3.15. The van der Waals surface area contributed by atoms with Crippen LogP contribution in [0.1, 0.15) is 47.3 Å². The molecule has 1 heterocycles. The molecule has 156 valence electrons. The lowest BCUT2D eigenvalue weighted by molar-refractivity contribution is 0.0950. The molecule has 1 atom stereocenters. The van der Waals surface area contributed by atoms with Gasteiger partial charge in [-0.15, -0.1) is 0 Å². The highest BCUT2D eigenvalue weighted by Crippen LogP contribution is 2.42. The molecule has 1 saturated carbocycles. The minimum atomic E-state index is -0.627. The molecule has 1 aliphatic carbocycles. The average molecular weight is 407 g/mol. The number of carbonyl (C=O) groups excluding carboxylic acids is 1. The van der Waals surface area contributed by atoms with E-state index in [1.54, 1.807) is 13.0 Å². The number of pyridine rings is 1. The molecule has 3 aromatic rings. The fourth-order valence-electron chi connectivity index (χ4n) is 4.20. The number of hydrogen-bond donors (Lipinski definition) is 2. The van der Waals surface area contributed by atoms with Gasteiger partial charge in [-0.25, -0.2) is 9.07 Å². The third-order valence-corrected chi connectivity index (χ3v) is 5.84. The van der Waals surface area contributed by atoms with Gasteiger partial charge in [-0.3, -0.25) is 9.59 Å². The Bertz CT molecular complexity index is 1140.